The number of carbonyl (C=O) groups excluding carboxylic acids is 1. The fraction of sp³-hybridized carbons (Fsp3) is 0.294. The van der Waals surface area contributed by atoms with E-state index < -0.39 is 23.1 Å². The third-order valence-electron chi connectivity index (χ3n) is 4.18. The Morgan fingerprint density at radius 1 is 1.22 bits per heavy atom. The van der Waals surface area contributed by atoms with Gasteiger partial charge in [0.25, 0.3) is 11.5 Å². The third kappa shape index (κ3) is 3.37. The number of nitrogens with one attached hydrogen (secondary N) is 1. The number of halogens is 2. The molecule has 0 saturated heterocycles. The number of rotatable bonds is 4. The molecular formula is C17H17F2N5O3. The zero-order valence-electron chi connectivity index (χ0n) is 14.9. The van der Waals surface area contributed by atoms with Crippen LogP contribution >= 0.6 is 0 Å². The highest BCUT2D eigenvalue weighted by Gasteiger charge is 2.24. The highest BCUT2D eigenvalue weighted by molar-refractivity contribution is 5.91. The number of benzene rings is 1. The van der Waals surface area contributed by atoms with Crippen LogP contribution in [-0.4, -0.2) is 24.6 Å². The third-order valence-corrected chi connectivity index (χ3v) is 4.18. The summed E-state index contributed by atoms with van der Waals surface area (Å²) in [6.07, 6.45) is 1.28. The van der Waals surface area contributed by atoms with Crippen LogP contribution in [0.2, 0.25) is 0 Å². The van der Waals surface area contributed by atoms with Crippen molar-refractivity contribution in [2.75, 3.05) is 5.32 Å². The molecule has 2 heterocycles. The van der Waals surface area contributed by atoms with Gasteiger partial charge in [0.1, 0.15) is 6.54 Å². The van der Waals surface area contributed by atoms with Crippen molar-refractivity contribution < 1.29 is 13.6 Å². The Balaban J connectivity index is 1.90. The van der Waals surface area contributed by atoms with E-state index in [0.29, 0.717) is 0 Å². The number of imidazole rings is 1. The number of nitrogens with zero attached hydrogens (tertiary/aromatic N) is 4. The fourth-order valence-corrected chi connectivity index (χ4v) is 2.74. The Morgan fingerprint density at radius 3 is 2.59 bits per heavy atom. The lowest BCUT2D eigenvalue weighted by Gasteiger charge is -2.13. The van der Waals surface area contributed by atoms with Crippen LogP contribution in [0.25, 0.3) is 11.2 Å². The van der Waals surface area contributed by atoms with Gasteiger partial charge in [-0.3, -0.25) is 18.7 Å². The van der Waals surface area contributed by atoms with Crippen molar-refractivity contribution >= 4 is 22.8 Å². The molecule has 0 radical (unpaired) electrons. The second-order valence-electron chi connectivity index (χ2n) is 6.27. The Kier molecular flexibility index (Phi) is 4.42. The number of amides is 1. The predicted octanol–water partition coefficient (Wildman–Crippen LogP) is 1.18. The summed E-state index contributed by atoms with van der Waals surface area (Å²) in [6.45, 7) is 0.502. The molecule has 0 saturated carbocycles. The van der Waals surface area contributed by atoms with E-state index in [-0.39, 0.29) is 29.0 Å². The number of aromatic nitrogens is 4. The first kappa shape index (κ1) is 18.5. The molecule has 0 aliphatic rings. The van der Waals surface area contributed by atoms with Crippen molar-refractivity contribution in [1.29, 1.82) is 0 Å². The molecular weight excluding hydrogens is 360 g/mol. The Bertz CT molecular complexity index is 1150. The second kappa shape index (κ2) is 6.45. The first-order valence-electron chi connectivity index (χ1n) is 7.98. The molecule has 1 aromatic carbocycles. The van der Waals surface area contributed by atoms with Gasteiger partial charge in [0.2, 0.25) is 5.91 Å². The Morgan fingerprint density at radius 2 is 1.93 bits per heavy atom. The number of hydrogen-bond donors (Lipinski definition) is 1. The van der Waals surface area contributed by atoms with Gasteiger partial charge >= 0.3 is 5.69 Å². The van der Waals surface area contributed by atoms with Gasteiger partial charge in [-0.2, -0.15) is 0 Å². The number of fused-ring (bicyclic) bond motifs is 1. The van der Waals surface area contributed by atoms with E-state index in [2.05, 4.69) is 10.3 Å². The van der Waals surface area contributed by atoms with Gasteiger partial charge in [0, 0.05) is 32.3 Å². The van der Waals surface area contributed by atoms with E-state index in [1.54, 1.807) is 0 Å². The lowest BCUT2D eigenvalue weighted by molar-refractivity contribution is -0.116. The van der Waals surface area contributed by atoms with Crippen LogP contribution < -0.4 is 16.6 Å². The molecule has 3 aromatic rings. The maximum Gasteiger partial charge on any atom is 0.332 e. The summed E-state index contributed by atoms with van der Waals surface area (Å²) in [6, 6.07) is 5.36. The van der Waals surface area contributed by atoms with Gasteiger partial charge in [-0.25, -0.2) is 18.6 Å². The molecule has 1 N–H and O–H groups in total. The van der Waals surface area contributed by atoms with Crippen molar-refractivity contribution in [2.24, 2.45) is 14.1 Å². The summed E-state index contributed by atoms with van der Waals surface area (Å²) in [5.74, 6) is -3.56. The largest absolute Gasteiger partial charge is 0.332 e. The van der Waals surface area contributed by atoms with Gasteiger partial charge in [-0.1, -0.05) is 12.1 Å². The molecule has 10 heteroatoms. The monoisotopic (exact) mass is 377 g/mol. The molecule has 0 aliphatic heterocycles. The zero-order valence-corrected chi connectivity index (χ0v) is 14.9. The van der Waals surface area contributed by atoms with Crippen molar-refractivity contribution in [3.8, 4) is 0 Å². The molecule has 0 spiro atoms. The summed E-state index contributed by atoms with van der Waals surface area (Å²) in [4.78, 5) is 40.6. The highest BCUT2D eigenvalue weighted by Crippen LogP contribution is 2.28. The summed E-state index contributed by atoms with van der Waals surface area (Å²) < 4.78 is 30.3. The molecule has 1 amide bonds. The van der Waals surface area contributed by atoms with Crippen LogP contribution in [0.5, 0.6) is 0 Å². The van der Waals surface area contributed by atoms with Crippen molar-refractivity contribution in [3.05, 3.63) is 57.0 Å². The molecule has 0 fully saturated rings. The van der Waals surface area contributed by atoms with Crippen LogP contribution in [0.15, 0.2) is 40.2 Å². The van der Waals surface area contributed by atoms with Crippen molar-refractivity contribution in [2.45, 2.75) is 19.4 Å². The van der Waals surface area contributed by atoms with Crippen LogP contribution in [0.3, 0.4) is 0 Å². The van der Waals surface area contributed by atoms with E-state index in [1.165, 1.54) is 53.8 Å². The summed E-state index contributed by atoms with van der Waals surface area (Å²) in [5, 5.41) is 2.52. The molecule has 142 valence electrons. The first-order chi connectivity index (χ1) is 12.6. The molecule has 8 nitrogen and oxygen atoms in total. The van der Waals surface area contributed by atoms with Crippen LogP contribution in [0.1, 0.15) is 12.5 Å². The van der Waals surface area contributed by atoms with Gasteiger partial charge in [-0.05, 0) is 12.1 Å². The topological polar surface area (TPSA) is 90.9 Å². The summed E-state index contributed by atoms with van der Waals surface area (Å²) in [5.41, 5.74) is -0.862. The fourth-order valence-electron chi connectivity index (χ4n) is 2.74. The molecule has 0 unspecified atom stereocenters. The van der Waals surface area contributed by atoms with Gasteiger partial charge in [0.15, 0.2) is 11.2 Å². The van der Waals surface area contributed by atoms with Gasteiger partial charge in [-0.15, -0.1) is 0 Å². The number of hydrogen-bond acceptors (Lipinski definition) is 4. The summed E-state index contributed by atoms with van der Waals surface area (Å²) >= 11 is 0. The average molecular weight is 377 g/mol. The van der Waals surface area contributed by atoms with E-state index >= 15 is 0 Å². The normalized spacial score (nSPS) is 11.7. The quantitative estimate of drug-likeness (QED) is 0.739. The number of carbonyl (C=O) groups is 1. The number of anilines is 1. The minimum absolute atomic E-state index is 0.101. The Labute approximate surface area is 151 Å². The predicted molar refractivity (Wildman–Crippen MR) is 94.9 cm³/mol. The zero-order chi connectivity index (χ0) is 19.9. The van der Waals surface area contributed by atoms with Crippen molar-refractivity contribution in [1.82, 2.24) is 18.7 Å². The standard InChI is InChI=1S/C17H17F2N5O3/c1-17(18,19)10-5-4-6-11(7-10)21-12(25)8-24-9-20-14-13(24)15(26)23(3)16(27)22(14)2/h4-7,9H,8H2,1-3H3,(H,21,25). The van der Waals surface area contributed by atoms with E-state index in [9.17, 15) is 23.2 Å². The highest BCUT2D eigenvalue weighted by atomic mass is 19.3. The molecule has 2 aromatic heterocycles. The average Bonchev–Trinajstić information content (AvgIpc) is 3.01. The van der Waals surface area contributed by atoms with Crippen LogP contribution in [0, 0.1) is 0 Å². The second-order valence-corrected chi connectivity index (χ2v) is 6.27. The smallest absolute Gasteiger partial charge is 0.325 e. The molecule has 0 aliphatic carbocycles. The minimum Gasteiger partial charge on any atom is -0.325 e. The maximum absolute atomic E-state index is 13.4. The van der Waals surface area contributed by atoms with E-state index in [1.807, 2.05) is 0 Å². The minimum atomic E-state index is -3.03. The first-order valence-corrected chi connectivity index (χ1v) is 7.98. The SMILES string of the molecule is Cn1c(=O)c2c(ncn2CC(=O)Nc2cccc(C(C)(F)F)c2)n(C)c1=O. The van der Waals surface area contributed by atoms with E-state index in [0.717, 1.165) is 11.5 Å². The number of aryl methyl sites for hydroxylation is 1. The van der Waals surface area contributed by atoms with E-state index in [4.69, 9.17) is 0 Å². The lowest BCUT2D eigenvalue weighted by atomic mass is 10.1. The summed E-state index contributed by atoms with van der Waals surface area (Å²) in [7, 11) is 2.80. The Hall–Kier alpha value is -3.30. The molecule has 0 atom stereocenters. The molecule has 27 heavy (non-hydrogen) atoms. The van der Waals surface area contributed by atoms with Gasteiger partial charge < -0.3 is 9.88 Å². The number of alkyl halides is 2. The van der Waals surface area contributed by atoms with Crippen molar-refractivity contribution in [3.63, 3.8) is 0 Å². The lowest BCUT2D eigenvalue weighted by Crippen LogP contribution is -2.37. The van der Waals surface area contributed by atoms with Crippen LogP contribution in [0.4, 0.5) is 14.5 Å². The maximum atomic E-state index is 13.4. The molecule has 3 rings (SSSR count). The van der Waals surface area contributed by atoms with Crippen LogP contribution in [-0.2, 0) is 31.4 Å². The van der Waals surface area contributed by atoms with Gasteiger partial charge in [0.05, 0.1) is 6.33 Å². The molecule has 0 bridgehead atoms.